The van der Waals surface area contributed by atoms with E-state index in [0.717, 1.165) is 25.8 Å². The Labute approximate surface area is 238 Å². The third-order valence-corrected chi connectivity index (χ3v) is 10.2. The first-order valence-corrected chi connectivity index (χ1v) is 16.0. The Hall–Kier alpha value is -2.56. The quantitative estimate of drug-likeness (QED) is 0.408. The van der Waals surface area contributed by atoms with Gasteiger partial charge in [0, 0.05) is 44.3 Å². The van der Waals surface area contributed by atoms with E-state index in [1.165, 1.54) is 15.5 Å². The summed E-state index contributed by atoms with van der Waals surface area (Å²) < 4.78 is 38.7. The lowest BCUT2D eigenvalue weighted by Crippen LogP contribution is -2.56. The number of piperazine rings is 1. The van der Waals surface area contributed by atoms with E-state index in [2.05, 4.69) is 19.2 Å². The van der Waals surface area contributed by atoms with Gasteiger partial charge < -0.3 is 15.1 Å². The fourth-order valence-electron chi connectivity index (χ4n) is 6.20. The molecule has 10 heteroatoms. The van der Waals surface area contributed by atoms with E-state index in [1.807, 2.05) is 12.1 Å². The van der Waals surface area contributed by atoms with Gasteiger partial charge in [-0.15, -0.1) is 0 Å². The molecule has 2 amide bonds. The Bertz CT molecular complexity index is 1250. The molecule has 0 radical (unpaired) electrons. The summed E-state index contributed by atoms with van der Waals surface area (Å²) >= 11 is 0. The van der Waals surface area contributed by atoms with Crippen molar-refractivity contribution in [3.05, 3.63) is 60.0 Å². The largest absolute Gasteiger partial charge is 0.338 e. The van der Waals surface area contributed by atoms with E-state index in [0.29, 0.717) is 37.4 Å². The average Bonchev–Trinajstić information content (AvgIpc) is 3.63. The summed E-state index contributed by atoms with van der Waals surface area (Å²) in [7, 11) is -1.63. The highest BCUT2D eigenvalue weighted by atomic mass is 32.2. The second-order valence-corrected chi connectivity index (χ2v) is 14.0. The first-order valence-electron chi connectivity index (χ1n) is 14.2. The average molecular weight is 575 g/mol. The molecule has 2 fully saturated rings. The van der Waals surface area contributed by atoms with Crippen LogP contribution in [0, 0.1) is 11.3 Å². The van der Waals surface area contributed by atoms with E-state index < -0.39 is 16.1 Å². The van der Waals surface area contributed by atoms with E-state index in [-0.39, 0.29) is 41.7 Å². The van der Waals surface area contributed by atoms with Gasteiger partial charge in [-0.05, 0) is 81.2 Å². The van der Waals surface area contributed by atoms with Gasteiger partial charge in [0.15, 0.2) is 0 Å². The molecule has 1 heterocycles. The number of halogens is 1. The maximum absolute atomic E-state index is 13.7. The highest BCUT2D eigenvalue weighted by Gasteiger charge is 2.57. The summed E-state index contributed by atoms with van der Waals surface area (Å²) in [6, 6.07) is 8.31. The predicted octanol–water partition coefficient (Wildman–Crippen LogP) is 3.59. The molecular weight excluding hydrogens is 531 g/mol. The van der Waals surface area contributed by atoms with Crippen molar-refractivity contribution in [2.24, 2.45) is 11.3 Å². The first-order chi connectivity index (χ1) is 18.8. The van der Waals surface area contributed by atoms with Crippen LogP contribution in [0.1, 0.15) is 56.3 Å². The molecule has 4 rings (SSSR count). The van der Waals surface area contributed by atoms with Crippen LogP contribution >= 0.6 is 0 Å². The number of unbranched alkanes of at least 4 members (excludes halogenated alkanes) is 1. The van der Waals surface area contributed by atoms with Crippen LogP contribution < -0.4 is 5.32 Å². The predicted molar refractivity (Wildman–Crippen MR) is 155 cm³/mol. The molecule has 3 aliphatic rings. The van der Waals surface area contributed by atoms with Crippen molar-refractivity contribution < 1.29 is 22.4 Å². The molecule has 1 aliphatic heterocycles. The Morgan fingerprint density at radius 3 is 2.40 bits per heavy atom. The first kappa shape index (κ1) is 30.4. The number of hydrogen-bond acceptors (Lipinski definition) is 5. The molecule has 1 unspecified atom stereocenters. The zero-order valence-electron chi connectivity index (χ0n) is 24.1. The van der Waals surface area contributed by atoms with Crippen LogP contribution in [0.4, 0.5) is 4.39 Å². The Morgan fingerprint density at radius 1 is 1.12 bits per heavy atom. The topological polar surface area (TPSA) is 90.0 Å². The van der Waals surface area contributed by atoms with Gasteiger partial charge in [-0.2, -0.15) is 4.31 Å². The molecule has 40 heavy (non-hydrogen) atoms. The standard InChI is InChI=1S/C30H43FN4O4S/c1-29(15-13-24(31)14-16-29)26-22-30(26,2)32-17-9-8-12-25(33(3)27(36)23-10-6-5-7-11-23)28(37)34-18-20-35(21-19-34)40(4,38)39/h5-7,10-11,13-15,25-26,32H,8-9,12,16-22H2,1-4H3/t25-,26-,29?,30+/m0/s1. The minimum absolute atomic E-state index is 0.00925. The number of nitrogens with one attached hydrogen (secondary N) is 1. The smallest absolute Gasteiger partial charge is 0.254 e. The van der Waals surface area contributed by atoms with Gasteiger partial charge in [0.25, 0.3) is 5.91 Å². The number of nitrogens with zero attached hydrogens (tertiary/aromatic N) is 3. The Kier molecular flexibility index (Phi) is 9.21. The molecule has 1 N–H and O–H groups in total. The number of allylic oxidation sites excluding steroid dienone is 4. The fourth-order valence-corrected chi connectivity index (χ4v) is 7.03. The van der Waals surface area contributed by atoms with Crippen LogP contribution in [-0.4, -0.2) is 91.9 Å². The van der Waals surface area contributed by atoms with E-state index >= 15 is 0 Å². The molecule has 0 aromatic heterocycles. The molecule has 1 saturated carbocycles. The minimum Gasteiger partial charge on any atom is -0.338 e. The zero-order valence-corrected chi connectivity index (χ0v) is 24.9. The molecule has 8 nitrogen and oxygen atoms in total. The van der Waals surface area contributed by atoms with Gasteiger partial charge in [-0.25, -0.2) is 12.8 Å². The van der Waals surface area contributed by atoms with Gasteiger partial charge in [-0.1, -0.05) is 31.2 Å². The van der Waals surface area contributed by atoms with Gasteiger partial charge in [0.2, 0.25) is 15.9 Å². The highest BCUT2D eigenvalue weighted by molar-refractivity contribution is 7.88. The highest BCUT2D eigenvalue weighted by Crippen LogP contribution is 2.57. The lowest BCUT2D eigenvalue weighted by atomic mass is 9.77. The number of carbonyl (C=O) groups excluding carboxylic acids is 2. The molecule has 2 aliphatic carbocycles. The van der Waals surface area contributed by atoms with Crippen molar-refractivity contribution in [1.82, 2.24) is 19.4 Å². The second kappa shape index (κ2) is 12.1. The normalized spacial score (nSPS) is 27.7. The molecular formula is C30H43FN4O4S. The second-order valence-electron chi connectivity index (χ2n) is 12.0. The van der Waals surface area contributed by atoms with Crippen LogP contribution in [0.25, 0.3) is 0 Å². The van der Waals surface area contributed by atoms with E-state index in [1.54, 1.807) is 48.4 Å². The minimum atomic E-state index is -3.31. The van der Waals surface area contributed by atoms with Crippen molar-refractivity contribution in [2.75, 3.05) is 46.0 Å². The van der Waals surface area contributed by atoms with Crippen molar-refractivity contribution in [2.45, 2.75) is 57.5 Å². The SMILES string of the molecule is CN(C(=O)c1ccccc1)[C@@H](CCCCN[C@]1(C)C[C@H]1C1(C)C=CC(F)=CC1)C(=O)N1CCN(S(C)(=O)=O)CC1. The fraction of sp³-hybridized carbons (Fsp3) is 0.600. The van der Waals surface area contributed by atoms with Crippen LogP contribution in [0.15, 0.2) is 54.4 Å². The Morgan fingerprint density at radius 2 is 1.80 bits per heavy atom. The van der Waals surface area contributed by atoms with Gasteiger partial charge >= 0.3 is 0 Å². The van der Waals surface area contributed by atoms with E-state index in [4.69, 9.17) is 0 Å². The van der Waals surface area contributed by atoms with Gasteiger partial charge in [0.1, 0.15) is 11.9 Å². The van der Waals surface area contributed by atoms with Crippen molar-refractivity contribution in [1.29, 1.82) is 0 Å². The maximum Gasteiger partial charge on any atom is 0.254 e. The molecule has 0 spiro atoms. The van der Waals surface area contributed by atoms with Crippen LogP contribution in [0.5, 0.6) is 0 Å². The van der Waals surface area contributed by atoms with Gasteiger partial charge in [0.05, 0.1) is 6.26 Å². The van der Waals surface area contributed by atoms with Crippen molar-refractivity contribution in [3.63, 3.8) is 0 Å². The molecule has 220 valence electrons. The van der Waals surface area contributed by atoms with E-state index in [9.17, 15) is 22.4 Å². The van der Waals surface area contributed by atoms with Gasteiger partial charge in [-0.3, -0.25) is 9.59 Å². The molecule has 1 saturated heterocycles. The van der Waals surface area contributed by atoms with Crippen LogP contribution in [0.2, 0.25) is 0 Å². The molecule has 4 atom stereocenters. The monoisotopic (exact) mass is 574 g/mol. The van der Waals surface area contributed by atoms with Crippen molar-refractivity contribution in [3.8, 4) is 0 Å². The number of rotatable bonds is 11. The lowest BCUT2D eigenvalue weighted by molar-refractivity contribution is -0.137. The number of hydrogen-bond donors (Lipinski definition) is 1. The Balaban J connectivity index is 1.33. The summed E-state index contributed by atoms with van der Waals surface area (Å²) in [6.07, 6.45) is 10.3. The summed E-state index contributed by atoms with van der Waals surface area (Å²) in [5, 5.41) is 3.69. The molecule has 1 aromatic carbocycles. The third-order valence-electron chi connectivity index (χ3n) is 8.94. The molecule has 1 aromatic rings. The van der Waals surface area contributed by atoms with Crippen LogP contribution in [-0.2, 0) is 14.8 Å². The summed E-state index contributed by atoms with van der Waals surface area (Å²) in [6.45, 7) is 6.34. The summed E-state index contributed by atoms with van der Waals surface area (Å²) in [4.78, 5) is 30.1. The number of likely N-dealkylation sites (N-methyl/N-ethyl adjacent to an activating group) is 1. The van der Waals surface area contributed by atoms with Crippen molar-refractivity contribution >= 4 is 21.8 Å². The zero-order chi connectivity index (χ0) is 29.1. The number of benzene rings is 1. The number of amides is 2. The third kappa shape index (κ3) is 7.01. The summed E-state index contributed by atoms with van der Waals surface area (Å²) in [5.41, 5.74) is 0.491. The lowest BCUT2D eigenvalue weighted by Gasteiger charge is -2.37. The summed E-state index contributed by atoms with van der Waals surface area (Å²) in [5.74, 6) is -0.0705. The number of sulfonamides is 1. The molecule has 0 bridgehead atoms. The van der Waals surface area contributed by atoms with Crippen LogP contribution in [0.3, 0.4) is 0 Å². The number of carbonyl (C=O) groups is 2. The maximum atomic E-state index is 13.7.